The van der Waals surface area contributed by atoms with Crippen LogP contribution in [0.2, 0.25) is 0 Å². The Balaban J connectivity index is 2.08. The van der Waals surface area contributed by atoms with Crippen LogP contribution in [-0.4, -0.2) is 11.1 Å². The molecule has 3 nitrogen and oxygen atoms in total. The summed E-state index contributed by atoms with van der Waals surface area (Å²) < 4.78 is 5.90. The van der Waals surface area contributed by atoms with E-state index in [9.17, 15) is 9.90 Å². The van der Waals surface area contributed by atoms with Gasteiger partial charge in [0, 0.05) is 11.1 Å². The highest BCUT2D eigenvalue weighted by Gasteiger charge is 2.33. The second-order valence-electron chi connectivity index (χ2n) is 5.11. The molecule has 3 heteroatoms. The molecule has 0 aromatic heterocycles. The summed E-state index contributed by atoms with van der Waals surface area (Å²) in [6.07, 6.45) is 0. The molecule has 0 amide bonds. The smallest absolute Gasteiger partial charge is 0.315 e. The minimum Gasteiger partial charge on any atom is -0.481 e. The predicted octanol–water partition coefficient (Wildman–Crippen LogP) is 4.16. The van der Waals surface area contributed by atoms with Crippen LogP contribution in [0.5, 0.6) is 11.5 Å². The zero-order valence-electron chi connectivity index (χ0n) is 11.1. The lowest BCUT2D eigenvalue weighted by molar-refractivity contribution is -0.137. The van der Waals surface area contributed by atoms with Gasteiger partial charge in [-0.25, -0.2) is 0 Å². The monoisotopic (exact) mass is 276 g/mol. The molecule has 0 fully saturated rings. The summed E-state index contributed by atoms with van der Waals surface area (Å²) in [7, 11) is 0. The molecule has 1 heterocycles. The number of ether oxygens (including phenoxy) is 1. The van der Waals surface area contributed by atoms with Crippen LogP contribution in [0.3, 0.4) is 0 Å². The number of carboxylic acid groups (broad SMARTS) is 1. The molecule has 102 valence electrons. The van der Waals surface area contributed by atoms with Crippen molar-refractivity contribution in [2.75, 3.05) is 0 Å². The molecule has 0 saturated carbocycles. The van der Waals surface area contributed by atoms with Gasteiger partial charge in [-0.1, -0.05) is 48.5 Å². The number of rotatable bonds is 1. The maximum absolute atomic E-state index is 11.9. The number of fused-ring (bicyclic) bond motifs is 4. The van der Waals surface area contributed by atoms with Gasteiger partial charge in [-0.05, 0) is 22.9 Å². The van der Waals surface area contributed by atoms with E-state index in [-0.39, 0.29) is 0 Å². The molecule has 1 N–H and O–H groups in total. The van der Waals surface area contributed by atoms with Crippen molar-refractivity contribution < 1.29 is 14.6 Å². The molecule has 1 atom stereocenters. The fourth-order valence-corrected chi connectivity index (χ4v) is 3.00. The Morgan fingerprint density at radius 1 is 0.905 bits per heavy atom. The molecule has 0 spiro atoms. The minimum absolute atomic E-state index is 0.618. The highest BCUT2D eigenvalue weighted by Crippen LogP contribution is 2.46. The topological polar surface area (TPSA) is 46.5 Å². The summed E-state index contributed by atoms with van der Waals surface area (Å²) in [5, 5.41) is 11.7. The molecule has 0 aliphatic carbocycles. The van der Waals surface area contributed by atoms with Crippen LogP contribution in [0.25, 0.3) is 10.8 Å². The summed E-state index contributed by atoms with van der Waals surface area (Å²) in [4.78, 5) is 11.9. The van der Waals surface area contributed by atoms with E-state index < -0.39 is 11.9 Å². The largest absolute Gasteiger partial charge is 0.481 e. The first-order chi connectivity index (χ1) is 10.3. The van der Waals surface area contributed by atoms with Gasteiger partial charge in [0.2, 0.25) is 0 Å². The lowest BCUT2D eigenvalue weighted by Crippen LogP contribution is -2.18. The van der Waals surface area contributed by atoms with Crippen molar-refractivity contribution in [1.82, 2.24) is 0 Å². The maximum Gasteiger partial charge on any atom is 0.315 e. The van der Waals surface area contributed by atoms with E-state index in [0.29, 0.717) is 17.1 Å². The SMILES string of the molecule is O=C(O)C1c2ccccc2Oc2ccc3ccccc3c21. The molecule has 4 rings (SSSR count). The molecular formula is C18H12O3. The first-order valence-corrected chi connectivity index (χ1v) is 6.77. The zero-order valence-corrected chi connectivity index (χ0v) is 11.1. The molecule has 1 aliphatic rings. The van der Waals surface area contributed by atoms with Crippen molar-refractivity contribution in [2.45, 2.75) is 5.92 Å². The predicted molar refractivity (Wildman–Crippen MR) is 79.9 cm³/mol. The summed E-state index contributed by atoms with van der Waals surface area (Å²) in [6.45, 7) is 0. The minimum atomic E-state index is -0.858. The van der Waals surface area contributed by atoms with Crippen LogP contribution in [0.1, 0.15) is 17.0 Å². The Kier molecular flexibility index (Phi) is 2.48. The van der Waals surface area contributed by atoms with Gasteiger partial charge in [0.05, 0.1) is 0 Å². The molecular weight excluding hydrogens is 264 g/mol. The van der Waals surface area contributed by atoms with E-state index in [1.54, 1.807) is 0 Å². The Morgan fingerprint density at radius 2 is 1.67 bits per heavy atom. The first kappa shape index (κ1) is 12.0. The fraction of sp³-hybridized carbons (Fsp3) is 0.0556. The van der Waals surface area contributed by atoms with Crippen molar-refractivity contribution >= 4 is 16.7 Å². The van der Waals surface area contributed by atoms with Crippen molar-refractivity contribution in [3.8, 4) is 11.5 Å². The van der Waals surface area contributed by atoms with Gasteiger partial charge in [-0.15, -0.1) is 0 Å². The van der Waals surface area contributed by atoms with Gasteiger partial charge in [0.25, 0.3) is 0 Å². The summed E-state index contributed by atoms with van der Waals surface area (Å²) in [6, 6.07) is 18.9. The number of carbonyl (C=O) groups is 1. The molecule has 0 radical (unpaired) electrons. The summed E-state index contributed by atoms with van der Waals surface area (Å²) in [5.41, 5.74) is 1.44. The van der Waals surface area contributed by atoms with Crippen LogP contribution < -0.4 is 4.74 Å². The first-order valence-electron chi connectivity index (χ1n) is 6.77. The number of hydrogen-bond donors (Lipinski definition) is 1. The third-order valence-electron chi connectivity index (χ3n) is 3.92. The quantitative estimate of drug-likeness (QED) is 0.725. The Bertz CT molecular complexity index is 867. The van der Waals surface area contributed by atoms with Crippen LogP contribution in [0.4, 0.5) is 0 Å². The molecule has 1 unspecified atom stereocenters. The molecule has 0 bridgehead atoms. The second kappa shape index (κ2) is 4.35. The van der Waals surface area contributed by atoms with E-state index in [0.717, 1.165) is 16.3 Å². The Hall–Kier alpha value is -2.81. The van der Waals surface area contributed by atoms with E-state index >= 15 is 0 Å². The Morgan fingerprint density at radius 3 is 2.52 bits per heavy atom. The molecule has 3 aromatic carbocycles. The fourth-order valence-electron chi connectivity index (χ4n) is 3.00. The van der Waals surface area contributed by atoms with E-state index in [4.69, 9.17) is 4.74 Å². The van der Waals surface area contributed by atoms with Gasteiger partial charge < -0.3 is 9.84 Å². The van der Waals surface area contributed by atoms with Gasteiger partial charge in [0.15, 0.2) is 0 Å². The maximum atomic E-state index is 11.9. The molecule has 1 aliphatic heterocycles. The van der Waals surface area contributed by atoms with Crippen LogP contribution in [0, 0.1) is 0 Å². The highest BCUT2D eigenvalue weighted by molar-refractivity contribution is 5.95. The number of para-hydroxylation sites is 1. The summed E-state index contributed by atoms with van der Waals surface area (Å²) >= 11 is 0. The Labute approximate surface area is 121 Å². The van der Waals surface area contributed by atoms with Crippen LogP contribution >= 0.6 is 0 Å². The van der Waals surface area contributed by atoms with E-state index in [1.807, 2.05) is 60.7 Å². The third-order valence-corrected chi connectivity index (χ3v) is 3.92. The number of hydrogen-bond acceptors (Lipinski definition) is 2. The van der Waals surface area contributed by atoms with Gasteiger partial charge in [-0.2, -0.15) is 0 Å². The number of carboxylic acids is 1. The van der Waals surface area contributed by atoms with Crippen molar-refractivity contribution in [2.24, 2.45) is 0 Å². The summed E-state index contributed by atoms with van der Waals surface area (Å²) in [5.74, 6) is -0.313. The molecule has 3 aromatic rings. The number of aliphatic carboxylic acids is 1. The third kappa shape index (κ3) is 1.71. The number of benzene rings is 3. The van der Waals surface area contributed by atoms with Crippen LogP contribution in [0.15, 0.2) is 60.7 Å². The normalized spacial score (nSPS) is 15.9. The average molecular weight is 276 g/mol. The zero-order chi connectivity index (χ0) is 14.4. The highest BCUT2D eigenvalue weighted by atomic mass is 16.5. The standard InChI is InChI=1S/C18H12O3/c19-18(20)17-13-7-3-4-8-14(13)21-15-10-9-11-5-1-2-6-12(11)16(15)17/h1-10,17H,(H,19,20). The average Bonchev–Trinajstić information content (AvgIpc) is 2.52. The van der Waals surface area contributed by atoms with E-state index in [1.165, 1.54) is 0 Å². The lowest BCUT2D eigenvalue weighted by Gasteiger charge is -2.26. The van der Waals surface area contributed by atoms with Crippen molar-refractivity contribution in [3.63, 3.8) is 0 Å². The second-order valence-corrected chi connectivity index (χ2v) is 5.11. The van der Waals surface area contributed by atoms with Crippen molar-refractivity contribution in [3.05, 3.63) is 71.8 Å². The van der Waals surface area contributed by atoms with Crippen LogP contribution in [-0.2, 0) is 4.79 Å². The van der Waals surface area contributed by atoms with E-state index in [2.05, 4.69) is 0 Å². The molecule has 21 heavy (non-hydrogen) atoms. The van der Waals surface area contributed by atoms with Gasteiger partial charge in [0.1, 0.15) is 17.4 Å². The van der Waals surface area contributed by atoms with Gasteiger partial charge in [-0.3, -0.25) is 4.79 Å². The lowest BCUT2D eigenvalue weighted by atomic mass is 9.85. The molecule has 0 saturated heterocycles. The van der Waals surface area contributed by atoms with Gasteiger partial charge >= 0.3 is 5.97 Å². The van der Waals surface area contributed by atoms with Crippen molar-refractivity contribution in [1.29, 1.82) is 0 Å².